The summed E-state index contributed by atoms with van der Waals surface area (Å²) in [6, 6.07) is 10.9. The van der Waals surface area contributed by atoms with Crippen LogP contribution in [-0.2, 0) is 22.9 Å². The number of hydrogen-bond donors (Lipinski definition) is 1. The van der Waals surface area contributed by atoms with Crippen LogP contribution in [0.4, 0.5) is 5.69 Å². The molecule has 1 N–H and O–H groups in total. The predicted octanol–water partition coefficient (Wildman–Crippen LogP) is 3.89. The summed E-state index contributed by atoms with van der Waals surface area (Å²) in [7, 11) is -3.56. The summed E-state index contributed by atoms with van der Waals surface area (Å²) in [4.78, 5) is 4.72. The number of thiazole rings is 1. The molecule has 0 unspecified atom stereocenters. The molecule has 0 atom stereocenters. The zero-order valence-corrected chi connectivity index (χ0v) is 14.3. The molecule has 0 saturated heterocycles. The van der Waals surface area contributed by atoms with E-state index in [9.17, 15) is 8.42 Å². The molecule has 1 aliphatic carbocycles. The Morgan fingerprint density at radius 1 is 1.09 bits per heavy atom. The van der Waals surface area contributed by atoms with Crippen LogP contribution in [0, 0.1) is 6.92 Å². The van der Waals surface area contributed by atoms with E-state index < -0.39 is 10.0 Å². The first-order chi connectivity index (χ1) is 11.0. The molecule has 1 aliphatic rings. The molecule has 4 rings (SSSR count). The number of rotatable bonds is 3. The van der Waals surface area contributed by atoms with E-state index in [1.807, 2.05) is 25.1 Å². The third-order valence-corrected chi connectivity index (χ3v) is 6.44. The average molecular weight is 344 g/mol. The average Bonchev–Trinajstić information content (AvgIpc) is 3.10. The summed E-state index contributed by atoms with van der Waals surface area (Å²) in [5, 5.41) is 0.971. The molecule has 0 amide bonds. The van der Waals surface area contributed by atoms with Crippen molar-refractivity contribution in [3.63, 3.8) is 0 Å². The first kappa shape index (κ1) is 14.7. The molecule has 118 valence electrons. The Labute approximate surface area is 139 Å². The highest BCUT2D eigenvalue weighted by Crippen LogP contribution is 2.28. The maximum Gasteiger partial charge on any atom is 0.261 e. The topological polar surface area (TPSA) is 59.1 Å². The summed E-state index contributed by atoms with van der Waals surface area (Å²) in [6.07, 6.45) is 3.11. The third-order valence-electron chi connectivity index (χ3n) is 4.13. The lowest BCUT2D eigenvalue weighted by Crippen LogP contribution is -2.13. The Bertz CT molecular complexity index is 1010. The molecule has 0 aliphatic heterocycles. The van der Waals surface area contributed by atoms with Gasteiger partial charge in [0.15, 0.2) is 0 Å². The van der Waals surface area contributed by atoms with Crippen LogP contribution in [0.25, 0.3) is 10.2 Å². The highest BCUT2D eigenvalue weighted by molar-refractivity contribution is 7.92. The van der Waals surface area contributed by atoms with E-state index in [1.165, 1.54) is 5.56 Å². The summed E-state index contributed by atoms with van der Waals surface area (Å²) >= 11 is 1.56. The van der Waals surface area contributed by atoms with Crippen molar-refractivity contribution in [2.24, 2.45) is 0 Å². The quantitative estimate of drug-likeness (QED) is 0.784. The number of nitrogens with zero attached hydrogens (tertiary/aromatic N) is 1. The van der Waals surface area contributed by atoms with Crippen molar-refractivity contribution in [3.8, 4) is 0 Å². The minimum Gasteiger partial charge on any atom is -0.280 e. The van der Waals surface area contributed by atoms with E-state index in [0.717, 1.165) is 40.1 Å². The lowest BCUT2D eigenvalue weighted by molar-refractivity contribution is 0.601. The monoisotopic (exact) mass is 344 g/mol. The van der Waals surface area contributed by atoms with Gasteiger partial charge in [-0.3, -0.25) is 4.72 Å². The van der Waals surface area contributed by atoms with Crippen LogP contribution >= 0.6 is 11.3 Å². The molecule has 1 heterocycles. The lowest BCUT2D eigenvalue weighted by atomic mass is 10.1. The maximum atomic E-state index is 12.6. The largest absolute Gasteiger partial charge is 0.280 e. The molecule has 4 nitrogen and oxygen atoms in total. The van der Waals surface area contributed by atoms with Gasteiger partial charge >= 0.3 is 0 Å². The van der Waals surface area contributed by atoms with Crippen LogP contribution in [0.3, 0.4) is 0 Å². The van der Waals surface area contributed by atoms with Crippen molar-refractivity contribution in [1.29, 1.82) is 0 Å². The molecule has 1 aromatic heterocycles. The number of benzene rings is 2. The zero-order chi connectivity index (χ0) is 16.0. The van der Waals surface area contributed by atoms with Gasteiger partial charge in [-0.2, -0.15) is 0 Å². The Kier molecular flexibility index (Phi) is 3.39. The summed E-state index contributed by atoms with van der Waals surface area (Å²) in [5.74, 6) is 0. The van der Waals surface area contributed by atoms with Crippen LogP contribution < -0.4 is 4.72 Å². The van der Waals surface area contributed by atoms with E-state index in [0.29, 0.717) is 10.6 Å². The van der Waals surface area contributed by atoms with Gasteiger partial charge in [-0.05, 0) is 67.6 Å². The van der Waals surface area contributed by atoms with Gasteiger partial charge in [-0.1, -0.05) is 6.07 Å². The van der Waals surface area contributed by atoms with Crippen LogP contribution in [0.15, 0.2) is 41.3 Å². The van der Waals surface area contributed by atoms with Gasteiger partial charge in [0.2, 0.25) is 0 Å². The molecule has 0 fully saturated rings. The summed E-state index contributed by atoms with van der Waals surface area (Å²) in [5.41, 5.74) is 3.89. The smallest absolute Gasteiger partial charge is 0.261 e. The fraction of sp³-hybridized carbons (Fsp3) is 0.235. The van der Waals surface area contributed by atoms with Gasteiger partial charge in [-0.15, -0.1) is 11.3 Å². The van der Waals surface area contributed by atoms with E-state index in [4.69, 9.17) is 0 Å². The maximum absolute atomic E-state index is 12.6. The van der Waals surface area contributed by atoms with E-state index in [-0.39, 0.29) is 0 Å². The highest BCUT2D eigenvalue weighted by Gasteiger charge is 2.18. The SMILES string of the molecule is Cc1nc2ccc(NS(=O)(=O)c3ccc4c(c3)CCC4)cc2s1. The molecule has 0 radical (unpaired) electrons. The van der Waals surface area contributed by atoms with E-state index in [1.54, 1.807) is 29.5 Å². The van der Waals surface area contributed by atoms with Gasteiger partial charge in [0.05, 0.1) is 25.8 Å². The fourth-order valence-electron chi connectivity index (χ4n) is 3.03. The van der Waals surface area contributed by atoms with Crippen molar-refractivity contribution in [1.82, 2.24) is 4.98 Å². The van der Waals surface area contributed by atoms with Crippen LogP contribution in [0.1, 0.15) is 22.6 Å². The molecule has 0 saturated carbocycles. The molecular formula is C17H16N2O2S2. The minimum atomic E-state index is -3.56. The highest BCUT2D eigenvalue weighted by atomic mass is 32.2. The number of aromatic nitrogens is 1. The fourth-order valence-corrected chi connectivity index (χ4v) is 5.00. The van der Waals surface area contributed by atoms with E-state index >= 15 is 0 Å². The predicted molar refractivity (Wildman–Crippen MR) is 93.6 cm³/mol. The van der Waals surface area contributed by atoms with Gasteiger partial charge in [0, 0.05) is 0 Å². The summed E-state index contributed by atoms with van der Waals surface area (Å²) < 4.78 is 28.9. The molecule has 0 bridgehead atoms. The molecule has 23 heavy (non-hydrogen) atoms. The number of aryl methyl sites for hydroxylation is 3. The van der Waals surface area contributed by atoms with Crippen molar-refractivity contribution in [3.05, 3.63) is 52.5 Å². The lowest BCUT2D eigenvalue weighted by Gasteiger charge is -2.09. The van der Waals surface area contributed by atoms with Gasteiger partial charge in [0.25, 0.3) is 10.0 Å². The molecule has 2 aromatic carbocycles. The first-order valence-corrected chi connectivity index (χ1v) is 9.83. The molecular weight excluding hydrogens is 328 g/mol. The second-order valence-electron chi connectivity index (χ2n) is 5.80. The number of fused-ring (bicyclic) bond motifs is 2. The van der Waals surface area contributed by atoms with Crippen LogP contribution in [0.5, 0.6) is 0 Å². The Balaban J connectivity index is 1.67. The van der Waals surface area contributed by atoms with Crippen LogP contribution in [0.2, 0.25) is 0 Å². The van der Waals surface area contributed by atoms with Gasteiger partial charge in [-0.25, -0.2) is 13.4 Å². The standard InChI is InChI=1S/C17H16N2O2S2/c1-11-18-16-8-6-14(10-17(16)22-11)19-23(20,21)15-7-5-12-3-2-4-13(12)9-15/h5-10,19H,2-4H2,1H3. The van der Waals surface area contributed by atoms with Crippen molar-refractivity contribution in [2.45, 2.75) is 31.1 Å². The first-order valence-electron chi connectivity index (χ1n) is 7.53. The Morgan fingerprint density at radius 3 is 2.78 bits per heavy atom. The van der Waals surface area contributed by atoms with Gasteiger partial charge < -0.3 is 0 Å². The number of sulfonamides is 1. The van der Waals surface area contributed by atoms with E-state index in [2.05, 4.69) is 9.71 Å². The number of nitrogens with one attached hydrogen (secondary N) is 1. The normalized spacial score (nSPS) is 14.1. The Morgan fingerprint density at radius 2 is 1.91 bits per heavy atom. The summed E-state index contributed by atoms with van der Waals surface area (Å²) in [6.45, 7) is 1.94. The van der Waals surface area contributed by atoms with Crippen molar-refractivity contribution in [2.75, 3.05) is 4.72 Å². The second-order valence-corrected chi connectivity index (χ2v) is 8.72. The Hall–Kier alpha value is -1.92. The number of hydrogen-bond acceptors (Lipinski definition) is 4. The number of anilines is 1. The van der Waals surface area contributed by atoms with Crippen molar-refractivity contribution < 1.29 is 8.42 Å². The minimum absolute atomic E-state index is 0.332. The van der Waals surface area contributed by atoms with Crippen LogP contribution in [-0.4, -0.2) is 13.4 Å². The third kappa shape index (κ3) is 2.72. The zero-order valence-electron chi connectivity index (χ0n) is 12.7. The molecule has 3 aromatic rings. The molecule has 0 spiro atoms. The molecule has 6 heteroatoms. The van der Waals surface area contributed by atoms with Gasteiger partial charge in [0.1, 0.15) is 0 Å². The second kappa shape index (κ2) is 5.32. The van der Waals surface area contributed by atoms with Crippen molar-refractivity contribution >= 4 is 37.3 Å².